The summed E-state index contributed by atoms with van der Waals surface area (Å²) in [4.78, 5) is 21.7. The number of anilines is 3. The number of fused-ring (bicyclic) bond motifs is 1. The molecule has 2 aromatic heterocycles. The normalized spacial score (nSPS) is 15.2. The summed E-state index contributed by atoms with van der Waals surface area (Å²) in [5.41, 5.74) is 0.487. The molecule has 0 bridgehead atoms. The van der Waals surface area contributed by atoms with Crippen LogP contribution in [-0.2, 0) is 0 Å². The largest absolute Gasteiger partial charge is 0.401 e. The van der Waals surface area contributed by atoms with Crippen molar-refractivity contribution in [1.82, 2.24) is 14.9 Å². The monoisotopic (exact) mass is 472 g/mol. The Labute approximate surface area is 183 Å². The highest BCUT2D eigenvalue weighted by molar-refractivity contribution is 6.05. The topological polar surface area (TPSA) is 76.3 Å². The minimum atomic E-state index is -4.30. The van der Waals surface area contributed by atoms with Crippen LogP contribution in [0.2, 0.25) is 0 Å². The standard InChI is InChI=1S/C20H18F6N6O/c21-13-6-12-16(7-14(13)22)27-9-17(12)30-19(33)29-11-5-15(23)18(28-8-11)32-3-1-31(2-4-32)10-20(24,25)26/h5-9,27H,1-4,10H2,(H2,29,30,33). The van der Waals surface area contributed by atoms with E-state index < -0.39 is 36.2 Å². The van der Waals surface area contributed by atoms with E-state index >= 15 is 0 Å². The third-order valence-electron chi connectivity index (χ3n) is 5.13. The van der Waals surface area contributed by atoms with E-state index in [0.29, 0.717) is 0 Å². The van der Waals surface area contributed by atoms with E-state index in [1.165, 1.54) is 22.2 Å². The lowest BCUT2D eigenvalue weighted by Crippen LogP contribution is -2.49. The van der Waals surface area contributed by atoms with Crippen LogP contribution in [0, 0.1) is 17.5 Å². The number of nitrogens with zero attached hydrogens (tertiary/aromatic N) is 3. The lowest BCUT2D eigenvalue weighted by molar-refractivity contribution is -0.146. The van der Waals surface area contributed by atoms with Crippen LogP contribution in [0.25, 0.3) is 10.9 Å². The number of hydrogen-bond donors (Lipinski definition) is 3. The number of H-pyrrole nitrogens is 1. The summed E-state index contributed by atoms with van der Waals surface area (Å²) in [7, 11) is 0. The van der Waals surface area contributed by atoms with Crippen molar-refractivity contribution in [3.05, 3.63) is 48.0 Å². The van der Waals surface area contributed by atoms with Crippen LogP contribution in [0.15, 0.2) is 30.6 Å². The first kappa shape index (κ1) is 22.7. The highest BCUT2D eigenvalue weighted by atomic mass is 19.4. The van der Waals surface area contributed by atoms with Gasteiger partial charge in [-0.25, -0.2) is 22.9 Å². The molecule has 0 aliphatic carbocycles. The van der Waals surface area contributed by atoms with Crippen molar-refractivity contribution in [2.24, 2.45) is 0 Å². The average Bonchev–Trinajstić information content (AvgIpc) is 3.09. The molecule has 3 N–H and O–H groups in total. The fourth-order valence-corrected chi connectivity index (χ4v) is 3.61. The second kappa shape index (κ2) is 8.81. The van der Waals surface area contributed by atoms with Gasteiger partial charge in [0.1, 0.15) is 0 Å². The molecule has 176 valence electrons. The quantitative estimate of drug-likeness (QED) is 0.495. The molecule has 1 aliphatic rings. The van der Waals surface area contributed by atoms with Crippen molar-refractivity contribution >= 4 is 34.1 Å². The molecule has 0 spiro atoms. The molecule has 1 saturated heterocycles. The summed E-state index contributed by atoms with van der Waals surface area (Å²) in [6.07, 6.45) is -1.73. The summed E-state index contributed by atoms with van der Waals surface area (Å²) >= 11 is 0. The van der Waals surface area contributed by atoms with Crippen LogP contribution in [0.3, 0.4) is 0 Å². The first-order chi connectivity index (χ1) is 15.6. The second-order valence-corrected chi connectivity index (χ2v) is 7.50. The number of piperazine rings is 1. The number of aromatic nitrogens is 2. The Kier molecular flexibility index (Phi) is 6.06. The van der Waals surface area contributed by atoms with Crippen molar-refractivity contribution < 1.29 is 31.1 Å². The van der Waals surface area contributed by atoms with E-state index in [1.807, 2.05) is 0 Å². The lowest BCUT2D eigenvalue weighted by atomic mass is 10.2. The number of nitrogens with one attached hydrogen (secondary N) is 3. The Morgan fingerprint density at radius 3 is 2.36 bits per heavy atom. The highest BCUT2D eigenvalue weighted by Crippen LogP contribution is 2.26. The predicted molar refractivity (Wildman–Crippen MR) is 110 cm³/mol. The van der Waals surface area contributed by atoms with Gasteiger partial charge >= 0.3 is 12.2 Å². The van der Waals surface area contributed by atoms with Crippen molar-refractivity contribution in [2.45, 2.75) is 6.18 Å². The zero-order chi connectivity index (χ0) is 23.8. The van der Waals surface area contributed by atoms with E-state index in [-0.39, 0.29) is 54.3 Å². The maximum absolute atomic E-state index is 14.6. The summed E-state index contributed by atoms with van der Waals surface area (Å²) in [6.45, 7) is -0.459. The number of pyridine rings is 1. The number of benzene rings is 1. The van der Waals surface area contributed by atoms with Crippen LogP contribution in [0.5, 0.6) is 0 Å². The third-order valence-corrected chi connectivity index (χ3v) is 5.13. The molecule has 4 rings (SSSR count). The van der Waals surface area contributed by atoms with Crippen LogP contribution in [-0.4, -0.2) is 59.8 Å². The number of urea groups is 1. The minimum Gasteiger partial charge on any atom is -0.359 e. The summed E-state index contributed by atoms with van der Waals surface area (Å²) in [5.74, 6) is -2.89. The van der Waals surface area contributed by atoms with Gasteiger partial charge in [0.2, 0.25) is 0 Å². The first-order valence-corrected chi connectivity index (χ1v) is 9.83. The van der Waals surface area contributed by atoms with Gasteiger partial charge in [0.05, 0.1) is 29.6 Å². The Morgan fingerprint density at radius 1 is 1.00 bits per heavy atom. The zero-order valence-corrected chi connectivity index (χ0v) is 16.9. The SMILES string of the molecule is O=C(Nc1cnc(N2CCN(CC(F)(F)F)CC2)c(F)c1)Nc1c[nH]c2cc(F)c(F)cc12. The van der Waals surface area contributed by atoms with Gasteiger partial charge in [-0.2, -0.15) is 13.2 Å². The van der Waals surface area contributed by atoms with E-state index in [2.05, 4.69) is 20.6 Å². The lowest BCUT2D eigenvalue weighted by Gasteiger charge is -2.35. The predicted octanol–water partition coefficient (Wildman–Crippen LogP) is 4.31. The average molecular weight is 472 g/mol. The van der Waals surface area contributed by atoms with Gasteiger partial charge in [0, 0.05) is 49.9 Å². The number of alkyl halides is 3. The summed E-state index contributed by atoms with van der Waals surface area (Å²) in [6, 6.07) is 2.15. The van der Waals surface area contributed by atoms with Crippen molar-refractivity contribution in [3.8, 4) is 0 Å². The molecule has 3 aromatic rings. The van der Waals surface area contributed by atoms with Crippen LogP contribution in [0.1, 0.15) is 0 Å². The third kappa shape index (κ3) is 5.30. The maximum atomic E-state index is 14.6. The van der Waals surface area contributed by atoms with E-state index in [1.54, 1.807) is 0 Å². The van der Waals surface area contributed by atoms with Crippen LogP contribution in [0.4, 0.5) is 48.3 Å². The van der Waals surface area contributed by atoms with Crippen molar-refractivity contribution in [1.29, 1.82) is 0 Å². The van der Waals surface area contributed by atoms with Gasteiger partial charge < -0.3 is 20.5 Å². The maximum Gasteiger partial charge on any atom is 0.401 e. The molecule has 33 heavy (non-hydrogen) atoms. The van der Waals surface area contributed by atoms with Gasteiger partial charge in [-0.3, -0.25) is 4.90 Å². The molecule has 0 saturated carbocycles. The number of carbonyl (C=O) groups excluding carboxylic acids is 1. The van der Waals surface area contributed by atoms with Crippen LogP contribution < -0.4 is 15.5 Å². The number of rotatable bonds is 4. The number of amides is 2. The number of aromatic amines is 1. The summed E-state index contributed by atoms with van der Waals surface area (Å²) in [5, 5.41) is 5.09. The smallest absolute Gasteiger partial charge is 0.359 e. The van der Waals surface area contributed by atoms with Crippen molar-refractivity contribution in [3.63, 3.8) is 0 Å². The molecular formula is C20H18F6N6O. The van der Waals surface area contributed by atoms with Gasteiger partial charge in [-0.1, -0.05) is 0 Å². The Hall–Kier alpha value is -3.48. The summed E-state index contributed by atoms with van der Waals surface area (Å²) < 4.78 is 78.9. The molecule has 0 atom stereocenters. The Morgan fingerprint density at radius 2 is 1.70 bits per heavy atom. The molecule has 0 radical (unpaired) electrons. The molecular weight excluding hydrogens is 454 g/mol. The van der Waals surface area contributed by atoms with E-state index in [9.17, 15) is 31.1 Å². The van der Waals surface area contributed by atoms with Crippen LogP contribution >= 0.6 is 0 Å². The number of halogens is 6. The zero-order valence-electron chi connectivity index (χ0n) is 16.9. The molecule has 2 amide bonds. The minimum absolute atomic E-state index is 0.0262. The highest BCUT2D eigenvalue weighted by Gasteiger charge is 2.32. The van der Waals surface area contributed by atoms with Gasteiger partial charge in [-0.05, 0) is 6.07 Å². The fraction of sp³-hybridized carbons (Fsp3) is 0.300. The molecule has 3 heterocycles. The fourth-order valence-electron chi connectivity index (χ4n) is 3.61. The van der Waals surface area contributed by atoms with E-state index in [0.717, 1.165) is 18.2 Å². The molecule has 1 fully saturated rings. The molecule has 0 unspecified atom stereocenters. The first-order valence-electron chi connectivity index (χ1n) is 9.83. The van der Waals surface area contributed by atoms with Gasteiger partial charge in [0.25, 0.3) is 0 Å². The van der Waals surface area contributed by atoms with Gasteiger partial charge in [0.15, 0.2) is 23.3 Å². The number of hydrogen-bond acceptors (Lipinski definition) is 4. The number of carbonyl (C=O) groups is 1. The van der Waals surface area contributed by atoms with Gasteiger partial charge in [-0.15, -0.1) is 0 Å². The Bertz CT molecular complexity index is 1170. The Balaban J connectivity index is 1.38. The second-order valence-electron chi connectivity index (χ2n) is 7.50. The molecule has 1 aliphatic heterocycles. The molecule has 13 heteroatoms. The molecule has 7 nitrogen and oxygen atoms in total. The molecule has 1 aromatic carbocycles. The van der Waals surface area contributed by atoms with E-state index in [4.69, 9.17) is 0 Å². The van der Waals surface area contributed by atoms with Crippen molar-refractivity contribution in [2.75, 3.05) is 48.3 Å².